The van der Waals surface area contributed by atoms with E-state index in [4.69, 9.17) is 4.42 Å². The number of pyridine rings is 1. The highest BCUT2D eigenvalue weighted by molar-refractivity contribution is 6.14. The summed E-state index contributed by atoms with van der Waals surface area (Å²) < 4.78 is 8.82. The van der Waals surface area contributed by atoms with Crippen LogP contribution in [0.3, 0.4) is 0 Å². The Bertz CT molecular complexity index is 1520. The second-order valence-electron chi connectivity index (χ2n) is 8.66. The van der Waals surface area contributed by atoms with Crippen LogP contribution < -0.4 is 4.57 Å². The van der Waals surface area contributed by atoms with Crippen LogP contribution in [0, 0.1) is 18.3 Å². The number of benzene rings is 3. The van der Waals surface area contributed by atoms with E-state index >= 15 is 0 Å². The van der Waals surface area contributed by atoms with Crippen molar-refractivity contribution in [3.63, 3.8) is 0 Å². The summed E-state index contributed by atoms with van der Waals surface area (Å²) in [7, 11) is 2.05. The van der Waals surface area contributed by atoms with Crippen molar-refractivity contribution < 1.29 is 8.98 Å². The van der Waals surface area contributed by atoms with Crippen LogP contribution in [0.5, 0.6) is 0 Å². The molecule has 0 radical (unpaired) electrons. The van der Waals surface area contributed by atoms with E-state index in [1.807, 2.05) is 49.6 Å². The van der Waals surface area contributed by atoms with Crippen LogP contribution in [-0.4, -0.2) is 0 Å². The van der Waals surface area contributed by atoms with Gasteiger partial charge in [-0.05, 0) is 41.7 Å². The highest BCUT2D eigenvalue weighted by atomic mass is 16.3. The first-order valence-electron chi connectivity index (χ1n) is 10.9. The minimum Gasteiger partial charge on any atom is -0.455 e. The summed E-state index contributed by atoms with van der Waals surface area (Å²) in [5.74, 6) is 0.235. The molecule has 5 rings (SSSR count). The Balaban J connectivity index is 1.97. The number of nitriles is 1. The van der Waals surface area contributed by atoms with Crippen LogP contribution in [-0.2, 0) is 7.05 Å². The molecule has 0 aliphatic carbocycles. The van der Waals surface area contributed by atoms with Gasteiger partial charge in [0.25, 0.3) is 0 Å². The molecule has 3 nitrogen and oxygen atoms in total. The van der Waals surface area contributed by atoms with Crippen molar-refractivity contribution in [3.05, 3.63) is 89.6 Å². The highest BCUT2D eigenvalue weighted by Gasteiger charge is 2.25. The molecule has 0 aliphatic rings. The summed E-state index contributed by atoms with van der Waals surface area (Å²) in [5, 5.41) is 12.0. The Hall–Kier alpha value is -3.90. The Morgan fingerprint density at radius 2 is 1.69 bits per heavy atom. The topological polar surface area (TPSA) is 40.8 Å². The molecule has 0 spiro atoms. The van der Waals surface area contributed by atoms with Crippen molar-refractivity contribution in [2.75, 3.05) is 0 Å². The standard InChI is InChI=1S/C29H25N2O/c1-18(2)25-23(20-10-6-5-7-11-20)16-21(17-30)27-22-14-13-19(3)26(28(22)32-29(25)27)24-12-8-9-15-31(24)4/h5-16,18H,1-4H3/q+1. The third-order valence-corrected chi connectivity index (χ3v) is 6.25. The van der Waals surface area contributed by atoms with Gasteiger partial charge in [-0.15, -0.1) is 0 Å². The van der Waals surface area contributed by atoms with Crippen LogP contribution in [0.1, 0.15) is 36.5 Å². The maximum absolute atomic E-state index is 10.1. The smallest absolute Gasteiger partial charge is 0.216 e. The van der Waals surface area contributed by atoms with Crippen LogP contribution in [0.2, 0.25) is 0 Å². The fourth-order valence-electron chi connectivity index (χ4n) is 4.75. The van der Waals surface area contributed by atoms with Crippen LogP contribution in [0.4, 0.5) is 0 Å². The molecule has 32 heavy (non-hydrogen) atoms. The molecule has 0 unspecified atom stereocenters. The van der Waals surface area contributed by atoms with E-state index in [0.717, 1.165) is 55.4 Å². The second kappa shape index (κ2) is 7.66. The average Bonchev–Trinajstić information content (AvgIpc) is 3.18. The summed E-state index contributed by atoms with van der Waals surface area (Å²) in [4.78, 5) is 0. The number of aromatic nitrogens is 1. The molecule has 0 aliphatic heterocycles. The van der Waals surface area contributed by atoms with E-state index in [2.05, 4.69) is 61.7 Å². The Morgan fingerprint density at radius 3 is 2.38 bits per heavy atom. The van der Waals surface area contributed by atoms with Gasteiger partial charge >= 0.3 is 0 Å². The van der Waals surface area contributed by atoms with Gasteiger partial charge in [-0.3, -0.25) is 0 Å². The van der Waals surface area contributed by atoms with Crippen molar-refractivity contribution in [1.29, 1.82) is 5.26 Å². The quantitative estimate of drug-likeness (QED) is 0.295. The Morgan fingerprint density at radius 1 is 0.938 bits per heavy atom. The molecule has 3 aromatic carbocycles. The SMILES string of the molecule is Cc1ccc2c(oc3c(C(C)C)c(-c4ccccc4)cc(C#N)c32)c1-c1cccc[n+]1C. The van der Waals surface area contributed by atoms with E-state index in [1.54, 1.807) is 0 Å². The summed E-state index contributed by atoms with van der Waals surface area (Å²) >= 11 is 0. The minimum absolute atomic E-state index is 0.235. The average molecular weight is 418 g/mol. The molecule has 0 bridgehead atoms. The molecule has 5 aromatic rings. The van der Waals surface area contributed by atoms with Crippen LogP contribution >= 0.6 is 0 Å². The maximum atomic E-state index is 10.1. The molecule has 0 N–H and O–H groups in total. The lowest BCUT2D eigenvalue weighted by Crippen LogP contribution is -2.30. The van der Waals surface area contributed by atoms with Gasteiger partial charge in [0.15, 0.2) is 6.20 Å². The lowest BCUT2D eigenvalue weighted by atomic mass is 9.88. The number of fused-ring (bicyclic) bond motifs is 3. The number of nitrogens with zero attached hydrogens (tertiary/aromatic N) is 2. The van der Waals surface area contributed by atoms with Crippen molar-refractivity contribution in [2.24, 2.45) is 7.05 Å². The van der Waals surface area contributed by atoms with Gasteiger partial charge in [-0.1, -0.05) is 56.3 Å². The third-order valence-electron chi connectivity index (χ3n) is 6.25. The van der Waals surface area contributed by atoms with Crippen molar-refractivity contribution in [1.82, 2.24) is 0 Å². The van der Waals surface area contributed by atoms with E-state index in [9.17, 15) is 5.26 Å². The molecule has 0 fully saturated rings. The normalized spacial score (nSPS) is 11.4. The summed E-state index contributed by atoms with van der Waals surface area (Å²) in [5.41, 5.74) is 8.91. The Kier molecular flexibility index (Phi) is 4.79. The first-order chi connectivity index (χ1) is 15.5. The van der Waals surface area contributed by atoms with Gasteiger partial charge in [0.05, 0.1) is 17.2 Å². The summed E-state index contributed by atoms with van der Waals surface area (Å²) in [6.07, 6.45) is 2.05. The number of hydrogen-bond donors (Lipinski definition) is 0. The molecule has 156 valence electrons. The first-order valence-corrected chi connectivity index (χ1v) is 10.9. The number of furan rings is 1. The molecule has 0 amide bonds. The monoisotopic (exact) mass is 417 g/mol. The Labute approximate surface area is 188 Å². The number of hydrogen-bond acceptors (Lipinski definition) is 2. The molecule has 0 atom stereocenters. The maximum Gasteiger partial charge on any atom is 0.216 e. The lowest BCUT2D eigenvalue weighted by Gasteiger charge is -2.14. The van der Waals surface area contributed by atoms with Crippen molar-refractivity contribution >= 4 is 21.9 Å². The predicted octanol–water partition coefficient (Wildman–Crippen LogP) is 7.05. The van der Waals surface area contributed by atoms with Crippen LogP contribution in [0.15, 0.2) is 77.3 Å². The van der Waals surface area contributed by atoms with Crippen LogP contribution in [0.25, 0.3) is 44.3 Å². The van der Waals surface area contributed by atoms with Gasteiger partial charge in [-0.2, -0.15) is 5.26 Å². The van der Waals surface area contributed by atoms with E-state index in [1.165, 1.54) is 0 Å². The first kappa shape index (κ1) is 20.0. The minimum atomic E-state index is 0.235. The van der Waals surface area contributed by atoms with E-state index in [0.29, 0.717) is 5.56 Å². The lowest BCUT2D eigenvalue weighted by molar-refractivity contribution is -0.660. The largest absolute Gasteiger partial charge is 0.455 e. The molecule has 2 heterocycles. The molecule has 2 aromatic heterocycles. The number of rotatable bonds is 3. The zero-order valence-corrected chi connectivity index (χ0v) is 18.8. The zero-order valence-electron chi connectivity index (χ0n) is 18.8. The summed E-state index contributed by atoms with van der Waals surface area (Å²) in [6, 6.07) is 25.1. The van der Waals surface area contributed by atoms with Gasteiger partial charge in [-0.25, -0.2) is 4.57 Å². The molecule has 0 saturated heterocycles. The highest BCUT2D eigenvalue weighted by Crippen LogP contribution is 2.44. The van der Waals surface area contributed by atoms with E-state index < -0.39 is 0 Å². The van der Waals surface area contributed by atoms with Crippen molar-refractivity contribution in [2.45, 2.75) is 26.7 Å². The third kappa shape index (κ3) is 2.99. The fourth-order valence-corrected chi connectivity index (χ4v) is 4.75. The zero-order chi connectivity index (χ0) is 22.4. The molecular formula is C29H25N2O+. The fraction of sp³-hybridized carbons (Fsp3) is 0.172. The van der Waals surface area contributed by atoms with E-state index in [-0.39, 0.29) is 5.92 Å². The van der Waals surface area contributed by atoms with Gasteiger partial charge in [0.2, 0.25) is 5.69 Å². The predicted molar refractivity (Wildman–Crippen MR) is 129 cm³/mol. The molecule has 0 saturated carbocycles. The molecule has 3 heteroatoms. The van der Waals surface area contributed by atoms with Gasteiger partial charge in [0.1, 0.15) is 18.2 Å². The number of aryl methyl sites for hydroxylation is 2. The second-order valence-corrected chi connectivity index (χ2v) is 8.66. The summed E-state index contributed by atoms with van der Waals surface area (Å²) in [6.45, 7) is 6.48. The van der Waals surface area contributed by atoms with Crippen molar-refractivity contribution in [3.8, 4) is 28.5 Å². The van der Waals surface area contributed by atoms with Gasteiger partial charge < -0.3 is 4.42 Å². The van der Waals surface area contributed by atoms with Gasteiger partial charge in [0, 0.05) is 28.5 Å². The molecular weight excluding hydrogens is 392 g/mol.